The Balaban J connectivity index is 1.57. The van der Waals surface area contributed by atoms with Gasteiger partial charge in [-0.2, -0.15) is 5.10 Å². The number of hydrogen-bond donors (Lipinski definition) is 3. The second kappa shape index (κ2) is 11.5. The van der Waals surface area contributed by atoms with Crippen LogP contribution in [0.3, 0.4) is 0 Å². The molecule has 168 valence electrons. The highest BCUT2D eigenvalue weighted by Gasteiger charge is 2.15. The van der Waals surface area contributed by atoms with Crippen LogP contribution in [0, 0.1) is 13.8 Å². The fourth-order valence-corrected chi connectivity index (χ4v) is 4.07. The number of guanidine groups is 1. The van der Waals surface area contributed by atoms with Crippen molar-refractivity contribution < 1.29 is 4.79 Å². The Morgan fingerprint density at radius 3 is 2.65 bits per heavy atom. The number of aliphatic imine (C=N–C) groups is 1. The van der Waals surface area contributed by atoms with Crippen molar-refractivity contribution in [2.75, 3.05) is 13.1 Å². The summed E-state index contributed by atoms with van der Waals surface area (Å²) in [5.74, 6) is 0.834. The minimum Gasteiger partial charge on any atom is -0.357 e. The van der Waals surface area contributed by atoms with Gasteiger partial charge in [0.15, 0.2) is 5.96 Å². The van der Waals surface area contributed by atoms with E-state index >= 15 is 0 Å². The number of hydrogen-bond acceptors (Lipinski definition) is 3. The molecule has 3 N–H and O–H groups in total. The maximum atomic E-state index is 12.2. The summed E-state index contributed by atoms with van der Waals surface area (Å²) in [6.45, 7) is 7.95. The summed E-state index contributed by atoms with van der Waals surface area (Å²) in [6, 6.07) is 10.6. The number of nitrogens with one attached hydrogen (secondary N) is 3. The molecule has 0 unspecified atom stereocenters. The SMILES string of the molecule is CCNC(=NCc1ccccc1-n1nc(C)cc1C)NCCC(=O)NC1CCCCC1. The topological polar surface area (TPSA) is 83.3 Å². The number of carbonyl (C=O) groups excluding carboxylic acids is 1. The molecule has 2 aromatic rings. The quantitative estimate of drug-likeness (QED) is 0.448. The van der Waals surface area contributed by atoms with Crippen molar-refractivity contribution in [1.82, 2.24) is 25.7 Å². The fourth-order valence-electron chi connectivity index (χ4n) is 4.07. The van der Waals surface area contributed by atoms with Gasteiger partial charge in [0.05, 0.1) is 17.9 Å². The van der Waals surface area contributed by atoms with E-state index in [9.17, 15) is 4.79 Å². The summed E-state index contributed by atoms with van der Waals surface area (Å²) < 4.78 is 1.97. The number of nitrogens with zero attached hydrogens (tertiary/aromatic N) is 3. The summed E-state index contributed by atoms with van der Waals surface area (Å²) in [7, 11) is 0. The molecule has 0 aliphatic heterocycles. The van der Waals surface area contributed by atoms with Gasteiger partial charge in [0.2, 0.25) is 5.91 Å². The summed E-state index contributed by atoms with van der Waals surface area (Å²) in [5.41, 5.74) is 4.24. The van der Waals surface area contributed by atoms with E-state index in [0.717, 1.165) is 48.0 Å². The summed E-state index contributed by atoms with van der Waals surface area (Å²) in [5, 5.41) is 14.3. The zero-order valence-electron chi connectivity index (χ0n) is 19.1. The first-order chi connectivity index (χ1) is 15.1. The molecular formula is C24H36N6O. The van der Waals surface area contributed by atoms with Gasteiger partial charge in [-0.15, -0.1) is 0 Å². The van der Waals surface area contributed by atoms with Crippen LogP contribution in [-0.4, -0.2) is 40.8 Å². The smallest absolute Gasteiger partial charge is 0.221 e. The molecule has 7 nitrogen and oxygen atoms in total. The van der Waals surface area contributed by atoms with E-state index in [4.69, 9.17) is 4.99 Å². The maximum Gasteiger partial charge on any atom is 0.221 e. The number of aryl methyl sites for hydroxylation is 2. The van der Waals surface area contributed by atoms with Crippen LogP contribution >= 0.6 is 0 Å². The van der Waals surface area contributed by atoms with Crippen molar-refractivity contribution in [1.29, 1.82) is 0 Å². The number of rotatable bonds is 8. The lowest BCUT2D eigenvalue weighted by Crippen LogP contribution is -2.41. The first-order valence-corrected chi connectivity index (χ1v) is 11.5. The third kappa shape index (κ3) is 6.84. The molecule has 1 aromatic heterocycles. The molecule has 0 spiro atoms. The standard InChI is InChI=1S/C24H36N6O/c1-4-25-24(26-15-14-23(31)28-21-11-6-5-7-12-21)27-17-20-10-8-9-13-22(20)30-19(3)16-18(2)29-30/h8-10,13,16,21H,4-7,11-12,14-15,17H2,1-3H3,(H,28,31)(H2,25,26,27). The van der Waals surface area contributed by atoms with E-state index in [0.29, 0.717) is 25.6 Å². The summed E-state index contributed by atoms with van der Waals surface area (Å²) in [4.78, 5) is 17.0. The van der Waals surface area contributed by atoms with Gasteiger partial charge < -0.3 is 16.0 Å². The van der Waals surface area contributed by atoms with Crippen LogP contribution in [0.1, 0.15) is 62.4 Å². The van der Waals surface area contributed by atoms with Gasteiger partial charge in [-0.1, -0.05) is 37.5 Å². The summed E-state index contributed by atoms with van der Waals surface area (Å²) >= 11 is 0. The Labute approximate surface area is 185 Å². The second-order valence-electron chi connectivity index (χ2n) is 8.24. The van der Waals surface area contributed by atoms with E-state index in [1.54, 1.807) is 0 Å². The lowest BCUT2D eigenvalue weighted by atomic mass is 9.95. The molecule has 31 heavy (non-hydrogen) atoms. The first-order valence-electron chi connectivity index (χ1n) is 11.5. The molecule has 1 aliphatic rings. The Hall–Kier alpha value is -2.83. The van der Waals surface area contributed by atoms with Crippen molar-refractivity contribution >= 4 is 11.9 Å². The van der Waals surface area contributed by atoms with Gasteiger partial charge in [-0.3, -0.25) is 4.79 Å². The van der Waals surface area contributed by atoms with Crippen LogP contribution < -0.4 is 16.0 Å². The normalized spacial score (nSPS) is 15.0. The lowest BCUT2D eigenvalue weighted by molar-refractivity contribution is -0.121. The molecule has 3 rings (SSSR count). The average molecular weight is 425 g/mol. The van der Waals surface area contributed by atoms with Crippen molar-refractivity contribution in [3.05, 3.63) is 47.3 Å². The second-order valence-corrected chi connectivity index (χ2v) is 8.24. The predicted octanol–water partition coefficient (Wildman–Crippen LogP) is 3.38. The third-order valence-electron chi connectivity index (χ3n) is 5.60. The molecule has 0 bridgehead atoms. The van der Waals surface area contributed by atoms with E-state index < -0.39 is 0 Å². The lowest BCUT2D eigenvalue weighted by Gasteiger charge is -2.22. The van der Waals surface area contributed by atoms with Crippen molar-refractivity contribution in [2.45, 2.75) is 71.9 Å². The summed E-state index contributed by atoms with van der Waals surface area (Å²) in [6.07, 6.45) is 6.40. The van der Waals surface area contributed by atoms with Crippen LogP contribution in [0.5, 0.6) is 0 Å². The van der Waals surface area contributed by atoms with E-state index in [1.807, 2.05) is 30.7 Å². The van der Waals surface area contributed by atoms with E-state index in [1.165, 1.54) is 19.3 Å². The van der Waals surface area contributed by atoms with Gasteiger partial charge in [0, 0.05) is 31.2 Å². The van der Waals surface area contributed by atoms with Crippen LogP contribution in [0.2, 0.25) is 0 Å². The van der Waals surface area contributed by atoms with Crippen LogP contribution in [0.25, 0.3) is 5.69 Å². The molecule has 1 heterocycles. The monoisotopic (exact) mass is 424 g/mol. The molecule has 1 fully saturated rings. The number of aromatic nitrogens is 2. The predicted molar refractivity (Wildman–Crippen MR) is 125 cm³/mol. The maximum absolute atomic E-state index is 12.2. The number of benzene rings is 1. The number of carbonyl (C=O) groups is 1. The molecule has 0 atom stereocenters. The Kier molecular flexibility index (Phi) is 8.50. The van der Waals surface area contributed by atoms with Gasteiger partial charge in [-0.25, -0.2) is 9.67 Å². The highest BCUT2D eigenvalue weighted by Crippen LogP contribution is 2.18. The van der Waals surface area contributed by atoms with Crippen LogP contribution in [-0.2, 0) is 11.3 Å². The minimum atomic E-state index is 0.116. The largest absolute Gasteiger partial charge is 0.357 e. The van der Waals surface area contributed by atoms with Crippen LogP contribution in [0.4, 0.5) is 0 Å². The Morgan fingerprint density at radius 1 is 1.16 bits per heavy atom. The van der Waals surface area contributed by atoms with Crippen molar-refractivity contribution in [3.63, 3.8) is 0 Å². The average Bonchev–Trinajstić information content (AvgIpc) is 3.10. The molecule has 0 saturated heterocycles. The van der Waals surface area contributed by atoms with Crippen molar-refractivity contribution in [3.8, 4) is 5.69 Å². The fraction of sp³-hybridized carbons (Fsp3) is 0.542. The zero-order chi connectivity index (χ0) is 22.1. The molecule has 1 saturated carbocycles. The van der Waals surface area contributed by atoms with E-state index in [2.05, 4.69) is 46.2 Å². The van der Waals surface area contributed by atoms with Crippen LogP contribution in [0.15, 0.2) is 35.3 Å². The van der Waals surface area contributed by atoms with Gasteiger partial charge >= 0.3 is 0 Å². The van der Waals surface area contributed by atoms with Gasteiger partial charge in [0.1, 0.15) is 0 Å². The Morgan fingerprint density at radius 2 is 1.94 bits per heavy atom. The highest BCUT2D eigenvalue weighted by molar-refractivity contribution is 5.81. The molecule has 1 aliphatic carbocycles. The van der Waals surface area contributed by atoms with E-state index in [-0.39, 0.29) is 5.91 Å². The number of amides is 1. The Bertz CT molecular complexity index is 882. The molecule has 0 radical (unpaired) electrons. The highest BCUT2D eigenvalue weighted by atomic mass is 16.1. The molecular weight excluding hydrogens is 388 g/mol. The van der Waals surface area contributed by atoms with Gasteiger partial charge in [-0.05, 0) is 51.3 Å². The molecule has 1 aromatic carbocycles. The third-order valence-corrected chi connectivity index (χ3v) is 5.60. The zero-order valence-corrected chi connectivity index (χ0v) is 19.1. The van der Waals surface area contributed by atoms with Crippen molar-refractivity contribution in [2.24, 2.45) is 4.99 Å². The number of para-hydroxylation sites is 1. The van der Waals surface area contributed by atoms with Gasteiger partial charge in [0.25, 0.3) is 0 Å². The minimum absolute atomic E-state index is 0.116. The molecule has 7 heteroatoms. The molecule has 1 amide bonds. The first kappa shape index (κ1) is 22.8.